The number of carbonyl (C=O) groups is 1. The highest BCUT2D eigenvalue weighted by Crippen LogP contribution is 2.37. The molecule has 1 aliphatic heterocycles. The van der Waals surface area contributed by atoms with Gasteiger partial charge in [0.05, 0.1) is 0 Å². The van der Waals surface area contributed by atoms with E-state index >= 15 is 0 Å². The van der Waals surface area contributed by atoms with Crippen molar-refractivity contribution in [3.8, 4) is 0 Å². The Bertz CT molecular complexity index is 636. The Hall–Kier alpha value is -2.13. The van der Waals surface area contributed by atoms with E-state index in [2.05, 4.69) is 42.2 Å². The quantitative estimate of drug-likeness (QED) is 0.832. The fraction of sp³-hybridized carbons (Fsp3) is 0.316. The van der Waals surface area contributed by atoms with Gasteiger partial charge in [-0.2, -0.15) is 0 Å². The van der Waals surface area contributed by atoms with Crippen LogP contribution in [-0.4, -0.2) is 23.4 Å². The van der Waals surface area contributed by atoms with Gasteiger partial charge in [-0.1, -0.05) is 42.5 Å². The standard InChI is InChI=1S/C19H22N2O/c1-14(21-13-18(21)16-5-3-2-4-6-16)7-8-15-9-11-17(12-10-15)19(20)22/h2-6,9-12,14,18H,7-8,13H2,1H3,(H2,20,22)/t14?,18-,21?/m1/s1. The maximum absolute atomic E-state index is 11.1. The molecule has 0 spiro atoms. The number of hydrogen-bond acceptors (Lipinski definition) is 2. The lowest BCUT2D eigenvalue weighted by Crippen LogP contribution is -2.16. The molecule has 3 heteroatoms. The van der Waals surface area contributed by atoms with Gasteiger partial charge in [0.1, 0.15) is 0 Å². The van der Waals surface area contributed by atoms with Crippen LogP contribution in [0.25, 0.3) is 0 Å². The summed E-state index contributed by atoms with van der Waals surface area (Å²) in [6.45, 7) is 3.45. The first-order valence-electron chi connectivity index (χ1n) is 7.84. The number of aryl methyl sites for hydroxylation is 1. The molecule has 2 aromatic carbocycles. The second-order valence-corrected chi connectivity index (χ2v) is 6.07. The zero-order chi connectivity index (χ0) is 15.5. The number of carbonyl (C=O) groups excluding carboxylic acids is 1. The lowest BCUT2D eigenvalue weighted by atomic mass is 10.0. The lowest BCUT2D eigenvalue weighted by Gasteiger charge is -2.14. The second kappa shape index (κ2) is 6.32. The van der Waals surface area contributed by atoms with E-state index in [9.17, 15) is 4.79 Å². The van der Waals surface area contributed by atoms with Gasteiger partial charge in [0, 0.05) is 24.2 Å². The second-order valence-electron chi connectivity index (χ2n) is 6.07. The molecule has 1 saturated heterocycles. The van der Waals surface area contributed by atoms with Crippen LogP contribution in [-0.2, 0) is 6.42 Å². The van der Waals surface area contributed by atoms with Crippen LogP contribution in [0.3, 0.4) is 0 Å². The minimum Gasteiger partial charge on any atom is -0.366 e. The van der Waals surface area contributed by atoms with Crippen LogP contribution >= 0.6 is 0 Å². The predicted molar refractivity (Wildman–Crippen MR) is 88.6 cm³/mol. The third kappa shape index (κ3) is 3.37. The average Bonchev–Trinajstić information content (AvgIpc) is 3.34. The Labute approximate surface area is 131 Å². The van der Waals surface area contributed by atoms with Gasteiger partial charge >= 0.3 is 0 Å². The van der Waals surface area contributed by atoms with Gasteiger partial charge < -0.3 is 5.73 Å². The van der Waals surface area contributed by atoms with Crippen molar-refractivity contribution in [2.24, 2.45) is 5.73 Å². The van der Waals surface area contributed by atoms with Gasteiger partial charge in [-0.05, 0) is 43.0 Å². The highest BCUT2D eigenvalue weighted by atomic mass is 16.1. The number of primary amides is 1. The summed E-state index contributed by atoms with van der Waals surface area (Å²) in [5.41, 5.74) is 8.51. The number of hydrogen-bond donors (Lipinski definition) is 1. The molecule has 0 aliphatic carbocycles. The summed E-state index contributed by atoms with van der Waals surface area (Å²) < 4.78 is 0. The Morgan fingerprint density at radius 1 is 1.18 bits per heavy atom. The van der Waals surface area contributed by atoms with E-state index in [0.29, 0.717) is 17.6 Å². The molecule has 0 aromatic heterocycles. The highest BCUT2D eigenvalue weighted by Gasteiger charge is 2.38. The SMILES string of the molecule is CC(CCc1ccc(C(N)=O)cc1)N1C[C@@H]1c1ccccc1. The first-order chi connectivity index (χ1) is 10.6. The van der Waals surface area contributed by atoms with E-state index in [0.717, 1.165) is 19.4 Å². The minimum absolute atomic E-state index is 0.366. The van der Waals surface area contributed by atoms with Crippen molar-refractivity contribution < 1.29 is 4.79 Å². The van der Waals surface area contributed by atoms with Crippen LogP contribution in [0.2, 0.25) is 0 Å². The molecule has 2 N–H and O–H groups in total. The summed E-state index contributed by atoms with van der Waals surface area (Å²) >= 11 is 0. The zero-order valence-corrected chi connectivity index (χ0v) is 12.9. The van der Waals surface area contributed by atoms with Gasteiger partial charge in [0.15, 0.2) is 0 Å². The molecule has 0 radical (unpaired) electrons. The summed E-state index contributed by atoms with van der Waals surface area (Å²) in [6, 6.07) is 19.5. The molecule has 1 fully saturated rings. The largest absolute Gasteiger partial charge is 0.366 e. The number of amides is 1. The fourth-order valence-electron chi connectivity index (χ4n) is 2.99. The van der Waals surface area contributed by atoms with Gasteiger partial charge in [0.2, 0.25) is 5.91 Å². The lowest BCUT2D eigenvalue weighted by molar-refractivity contribution is 0.100. The molecule has 1 heterocycles. The van der Waals surface area contributed by atoms with Crippen molar-refractivity contribution in [1.82, 2.24) is 4.90 Å². The zero-order valence-electron chi connectivity index (χ0n) is 12.9. The highest BCUT2D eigenvalue weighted by molar-refractivity contribution is 5.92. The molecular formula is C19H22N2O. The molecule has 0 saturated carbocycles. The normalized spacial score (nSPS) is 21.3. The molecule has 3 rings (SSSR count). The summed E-state index contributed by atoms with van der Waals surface area (Å²) in [6.07, 6.45) is 2.15. The number of rotatable bonds is 6. The number of nitrogens with two attached hydrogens (primary N) is 1. The molecule has 2 aromatic rings. The molecule has 114 valence electrons. The number of benzene rings is 2. The Balaban J connectivity index is 1.51. The summed E-state index contributed by atoms with van der Waals surface area (Å²) in [4.78, 5) is 13.6. The van der Waals surface area contributed by atoms with E-state index < -0.39 is 0 Å². The smallest absolute Gasteiger partial charge is 0.248 e. The molecule has 22 heavy (non-hydrogen) atoms. The van der Waals surface area contributed by atoms with Crippen molar-refractivity contribution in [3.63, 3.8) is 0 Å². The summed E-state index contributed by atoms with van der Waals surface area (Å²) in [5.74, 6) is -0.366. The monoisotopic (exact) mass is 294 g/mol. The molecule has 1 aliphatic rings. The van der Waals surface area contributed by atoms with Crippen molar-refractivity contribution in [1.29, 1.82) is 0 Å². The molecule has 3 nitrogen and oxygen atoms in total. The summed E-state index contributed by atoms with van der Waals surface area (Å²) in [5, 5.41) is 0. The maximum atomic E-state index is 11.1. The predicted octanol–water partition coefficient (Wildman–Crippen LogP) is 3.16. The molecular weight excluding hydrogens is 272 g/mol. The molecule has 0 bridgehead atoms. The van der Waals surface area contributed by atoms with Crippen LogP contribution < -0.4 is 5.73 Å². The van der Waals surface area contributed by atoms with E-state index in [-0.39, 0.29) is 5.91 Å². The van der Waals surface area contributed by atoms with Crippen LogP contribution in [0.5, 0.6) is 0 Å². The van der Waals surface area contributed by atoms with Crippen LogP contribution in [0, 0.1) is 0 Å². The number of nitrogens with zero attached hydrogens (tertiary/aromatic N) is 1. The Kier molecular flexibility index (Phi) is 4.25. The van der Waals surface area contributed by atoms with E-state index in [1.807, 2.05) is 24.3 Å². The van der Waals surface area contributed by atoms with Crippen LogP contribution in [0.4, 0.5) is 0 Å². The van der Waals surface area contributed by atoms with Crippen molar-refractivity contribution >= 4 is 5.91 Å². The van der Waals surface area contributed by atoms with E-state index in [1.54, 1.807) is 0 Å². The topological polar surface area (TPSA) is 46.1 Å². The van der Waals surface area contributed by atoms with Gasteiger partial charge in [0.25, 0.3) is 0 Å². The molecule has 3 atom stereocenters. The van der Waals surface area contributed by atoms with E-state index in [1.165, 1.54) is 11.1 Å². The first kappa shape index (κ1) is 14.8. The Morgan fingerprint density at radius 3 is 2.50 bits per heavy atom. The fourth-order valence-corrected chi connectivity index (χ4v) is 2.99. The van der Waals surface area contributed by atoms with Crippen molar-refractivity contribution in [3.05, 3.63) is 71.3 Å². The van der Waals surface area contributed by atoms with Crippen molar-refractivity contribution in [2.75, 3.05) is 6.54 Å². The molecule has 2 unspecified atom stereocenters. The maximum Gasteiger partial charge on any atom is 0.248 e. The third-order valence-electron chi connectivity index (χ3n) is 4.49. The first-order valence-corrected chi connectivity index (χ1v) is 7.84. The van der Waals surface area contributed by atoms with Gasteiger partial charge in [-0.3, -0.25) is 9.69 Å². The minimum atomic E-state index is -0.366. The summed E-state index contributed by atoms with van der Waals surface area (Å²) in [7, 11) is 0. The molecule has 1 amide bonds. The van der Waals surface area contributed by atoms with Crippen molar-refractivity contribution in [2.45, 2.75) is 31.8 Å². The van der Waals surface area contributed by atoms with Crippen LogP contribution in [0.1, 0.15) is 40.9 Å². The Morgan fingerprint density at radius 2 is 1.86 bits per heavy atom. The van der Waals surface area contributed by atoms with E-state index in [4.69, 9.17) is 5.73 Å². The van der Waals surface area contributed by atoms with Gasteiger partial charge in [-0.25, -0.2) is 0 Å². The van der Waals surface area contributed by atoms with Gasteiger partial charge in [-0.15, -0.1) is 0 Å². The third-order valence-corrected chi connectivity index (χ3v) is 4.49. The van der Waals surface area contributed by atoms with Crippen LogP contribution in [0.15, 0.2) is 54.6 Å². The average molecular weight is 294 g/mol.